The predicted octanol–water partition coefficient (Wildman–Crippen LogP) is 3.58. The fourth-order valence-corrected chi connectivity index (χ4v) is 1.09. The van der Waals surface area contributed by atoms with Crippen LogP contribution in [0.3, 0.4) is 0 Å². The van der Waals surface area contributed by atoms with Crippen LogP contribution in [0.4, 0.5) is 0 Å². The van der Waals surface area contributed by atoms with Crippen LogP contribution in [0.1, 0.15) is 46.0 Å². The topological polar surface area (TPSA) is 0 Å². The summed E-state index contributed by atoms with van der Waals surface area (Å²) in [5, 5.41) is 0. The van der Waals surface area contributed by atoms with Crippen molar-refractivity contribution >= 4 is 0 Å². The largest absolute Gasteiger partial charge is 0.0843 e. The van der Waals surface area contributed by atoms with Gasteiger partial charge in [0.15, 0.2) is 0 Å². The van der Waals surface area contributed by atoms with E-state index < -0.39 is 0 Å². The predicted molar refractivity (Wildman–Crippen MR) is 46.8 cm³/mol. The third kappa shape index (κ3) is 5.87. The normalized spacial score (nSPS) is 13.0. The van der Waals surface area contributed by atoms with E-state index in [1.165, 1.54) is 25.7 Å². The molecule has 1 radical (unpaired) electrons. The molecular weight excluding hydrogens is 120 g/mol. The van der Waals surface area contributed by atoms with Gasteiger partial charge in [-0.3, -0.25) is 0 Å². The smallest absolute Gasteiger partial charge is 0.0322 e. The minimum Gasteiger partial charge on any atom is -0.0843 e. The van der Waals surface area contributed by atoms with Crippen LogP contribution >= 0.6 is 0 Å². The SMILES string of the molecule is [CH]=CCC(C)CCCCC. The average molecular weight is 139 g/mol. The molecule has 1 unspecified atom stereocenters. The van der Waals surface area contributed by atoms with Crippen molar-refractivity contribution in [1.82, 2.24) is 0 Å². The summed E-state index contributed by atoms with van der Waals surface area (Å²) in [7, 11) is 0. The Hall–Kier alpha value is -0.260. The fraction of sp³-hybridized carbons (Fsp3) is 0.800. The van der Waals surface area contributed by atoms with E-state index in [4.69, 9.17) is 6.58 Å². The van der Waals surface area contributed by atoms with Crippen molar-refractivity contribution < 1.29 is 0 Å². The van der Waals surface area contributed by atoms with Gasteiger partial charge < -0.3 is 0 Å². The fourth-order valence-electron chi connectivity index (χ4n) is 1.09. The second-order valence-corrected chi connectivity index (χ2v) is 3.07. The Morgan fingerprint density at radius 1 is 1.40 bits per heavy atom. The Labute approximate surface area is 65.3 Å². The van der Waals surface area contributed by atoms with Crippen LogP contribution < -0.4 is 0 Å². The van der Waals surface area contributed by atoms with E-state index in [9.17, 15) is 0 Å². The Balaban J connectivity index is 3.04. The van der Waals surface area contributed by atoms with Crippen molar-refractivity contribution in [2.45, 2.75) is 46.0 Å². The number of unbranched alkanes of at least 4 members (excludes halogenated alkanes) is 2. The molecule has 1 atom stereocenters. The monoisotopic (exact) mass is 139 g/mol. The molecule has 0 spiro atoms. The van der Waals surface area contributed by atoms with Crippen molar-refractivity contribution in [2.75, 3.05) is 0 Å². The molecule has 0 aromatic carbocycles. The molecule has 0 heterocycles. The van der Waals surface area contributed by atoms with E-state index in [0.29, 0.717) is 0 Å². The second kappa shape index (κ2) is 6.85. The number of allylic oxidation sites excluding steroid dienone is 1. The summed E-state index contributed by atoms with van der Waals surface area (Å²) in [5.41, 5.74) is 0. The van der Waals surface area contributed by atoms with E-state index in [0.717, 1.165) is 12.3 Å². The van der Waals surface area contributed by atoms with Crippen LogP contribution in [0.25, 0.3) is 0 Å². The molecule has 0 aliphatic heterocycles. The van der Waals surface area contributed by atoms with Gasteiger partial charge >= 0.3 is 0 Å². The molecule has 0 N–H and O–H groups in total. The Morgan fingerprint density at radius 3 is 2.60 bits per heavy atom. The standard InChI is InChI=1S/C10H19/c1-4-6-7-9-10(3)8-5-2/h2,5,10H,4,6-9H2,1,3H3. The summed E-state index contributed by atoms with van der Waals surface area (Å²) in [6.45, 7) is 9.81. The van der Waals surface area contributed by atoms with E-state index in [2.05, 4.69) is 13.8 Å². The summed E-state index contributed by atoms with van der Waals surface area (Å²) in [6, 6.07) is 0. The Morgan fingerprint density at radius 2 is 2.10 bits per heavy atom. The maximum Gasteiger partial charge on any atom is -0.0322 e. The van der Waals surface area contributed by atoms with Gasteiger partial charge in [0, 0.05) is 0 Å². The van der Waals surface area contributed by atoms with Crippen LogP contribution in [0.2, 0.25) is 0 Å². The molecule has 0 fully saturated rings. The average Bonchev–Trinajstić information content (AvgIpc) is 1.89. The number of rotatable bonds is 6. The van der Waals surface area contributed by atoms with Gasteiger partial charge in [0.05, 0.1) is 0 Å². The Kier molecular flexibility index (Phi) is 6.68. The zero-order valence-electron chi connectivity index (χ0n) is 7.27. The number of hydrogen-bond donors (Lipinski definition) is 0. The molecule has 0 aromatic rings. The third-order valence-corrected chi connectivity index (χ3v) is 1.84. The highest BCUT2D eigenvalue weighted by molar-refractivity contribution is 4.67. The first-order chi connectivity index (χ1) is 4.81. The van der Waals surface area contributed by atoms with E-state index >= 15 is 0 Å². The highest BCUT2D eigenvalue weighted by Crippen LogP contribution is 2.12. The zero-order chi connectivity index (χ0) is 7.82. The molecule has 0 rings (SSSR count). The highest BCUT2D eigenvalue weighted by Gasteiger charge is 1.97. The molecular formula is C10H19. The molecule has 0 amide bonds. The van der Waals surface area contributed by atoms with Crippen molar-refractivity contribution in [2.24, 2.45) is 5.92 Å². The summed E-state index contributed by atoms with van der Waals surface area (Å²) in [4.78, 5) is 0. The van der Waals surface area contributed by atoms with Gasteiger partial charge in [-0.25, -0.2) is 0 Å². The molecule has 0 saturated carbocycles. The first-order valence-electron chi connectivity index (χ1n) is 4.34. The summed E-state index contributed by atoms with van der Waals surface area (Å²) in [6.07, 6.45) is 8.24. The van der Waals surface area contributed by atoms with Crippen LogP contribution in [-0.2, 0) is 0 Å². The first-order valence-corrected chi connectivity index (χ1v) is 4.34. The van der Waals surface area contributed by atoms with Crippen molar-refractivity contribution in [3.05, 3.63) is 12.7 Å². The summed E-state index contributed by atoms with van der Waals surface area (Å²) >= 11 is 0. The lowest BCUT2D eigenvalue weighted by Crippen LogP contribution is -1.91. The van der Waals surface area contributed by atoms with Crippen LogP contribution in [-0.4, -0.2) is 0 Å². The molecule has 0 heteroatoms. The van der Waals surface area contributed by atoms with Gasteiger partial charge in [0.25, 0.3) is 0 Å². The molecule has 0 nitrogen and oxygen atoms in total. The van der Waals surface area contributed by atoms with Crippen LogP contribution in [0, 0.1) is 12.5 Å². The van der Waals surface area contributed by atoms with Gasteiger partial charge in [-0.05, 0) is 12.3 Å². The lowest BCUT2D eigenvalue weighted by molar-refractivity contribution is 0.501. The van der Waals surface area contributed by atoms with Crippen molar-refractivity contribution in [1.29, 1.82) is 0 Å². The minimum absolute atomic E-state index is 0.788. The highest BCUT2D eigenvalue weighted by atomic mass is 14.0. The second-order valence-electron chi connectivity index (χ2n) is 3.07. The summed E-state index contributed by atoms with van der Waals surface area (Å²) < 4.78 is 0. The van der Waals surface area contributed by atoms with Crippen molar-refractivity contribution in [3.8, 4) is 0 Å². The van der Waals surface area contributed by atoms with Gasteiger partial charge in [0.2, 0.25) is 0 Å². The van der Waals surface area contributed by atoms with E-state index in [1.54, 1.807) is 6.08 Å². The third-order valence-electron chi connectivity index (χ3n) is 1.84. The molecule has 10 heavy (non-hydrogen) atoms. The molecule has 59 valence electrons. The van der Waals surface area contributed by atoms with Gasteiger partial charge in [-0.2, -0.15) is 0 Å². The lowest BCUT2D eigenvalue weighted by atomic mass is 10.0. The van der Waals surface area contributed by atoms with E-state index in [1.807, 2.05) is 0 Å². The molecule has 0 bridgehead atoms. The Bertz CT molecular complexity index is 74.1. The number of hydrogen-bond acceptors (Lipinski definition) is 0. The van der Waals surface area contributed by atoms with E-state index in [-0.39, 0.29) is 0 Å². The first kappa shape index (κ1) is 9.74. The molecule has 0 aliphatic rings. The minimum atomic E-state index is 0.788. The maximum absolute atomic E-state index is 5.31. The summed E-state index contributed by atoms with van der Waals surface area (Å²) in [5.74, 6) is 0.788. The van der Waals surface area contributed by atoms with Gasteiger partial charge in [-0.15, -0.1) is 0 Å². The van der Waals surface area contributed by atoms with Crippen LogP contribution in [0.15, 0.2) is 6.08 Å². The van der Waals surface area contributed by atoms with Crippen molar-refractivity contribution in [3.63, 3.8) is 0 Å². The quantitative estimate of drug-likeness (QED) is 0.493. The lowest BCUT2D eigenvalue weighted by Gasteiger charge is -2.06. The van der Waals surface area contributed by atoms with Crippen LogP contribution in [0.5, 0.6) is 0 Å². The van der Waals surface area contributed by atoms with Gasteiger partial charge in [0.1, 0.15) is 0 Å². The molecule has 0 aliphatic carbocycles. The zero-order valence-corrected chi connectivity index (χ0v) is 7.27. The maximum atomic E-state index is 5.31. The van der Waals surface area contributed by atoms with Gasteiger partial charge in [-0.1, -0.05) is 52.2 Å². The molecule has 0 aromatic heterocycles. The molecule has 0 saturated heterocycles.